The molecule has 4 heterocycles. The quantitative estimate of drug-likeness (QED) is 0.606. The average Bonchev–Trinajstić information content (AvgIpc) is 3.51. The zero-order valence-electron chi connectivity index (χ0n) is 19.5. The van der Waals surface area contributed by atoms with Crippen molar-refractivity contribution in [3.8, 4) is 11.4 Å². The van der Waals surface area contributed by atoms with Crippen molar-refractivity contribution in [1.29, 1.82) is 0 Å². The SMILES string of the molecule is NC(=O)c1nn(-c2ccc3c(c2F)CCO3)c2c1CCN(c1ccc(N3CCCCC3=O)cc1)C2=O. The predicted molar refractivity (Wildman–Crippen MR) is 129 cm³/mol. The van der Waals surface area contributed by atoms with Crippen molar-refractivity contribution in [2.24, 2.45) is 5.73 Å². The van der Waals surface area contributed by atoms with Crippen LogP contribution in [0.1, 0.15) is 51.4 Å². The second-order valence-electron chi connectivity index (χ2n) is 9.15. The Labute approximate surface area is 206 Å². The zero-order valence-corrected chi connectivity index (χ0v) is 19.5. The van der Waals surface area contributed by atoms with Gasteiger partial charge in [0, 0.05) is 48.4 Å². The van der Waals surface area contributed by atoms with Crippen LogP contribution in [0.4, 0.5) is 15.8 Å². The van der Waals surface area contributed by atoms with E-state index in [1.54, 1.807) is 28.0 Å². The van der Waals surface area contributed by atoms with Gasteiger partial charge in [0.25, 0.3) is 11.8 Å². The van der Waals surface area contributed by atoms with E-state index >= 15 is 4.39 Å². The van der Waals surface area contributed by atoms with Gasteiger partial charge >= 0.3 is 0 Å². The number of benzene rings is 2. The van der Waals surface area contributed by atoms with Gasteiger partial charge in [-0.05, 0) is 55.7 Å². The average molecular weight is 490 g/mol. The normalized spacial score (nSPS) is 17.1. The van der Waals surface area contributed by atoms with Crippen molar-refractivity contribution in [3.05, 3.63) is 64.7 Å². The molecule has 1 aromatic heterocycles. The molecule has 36 heavy (non-hydrogen) atoms. The van der Waals surface area contributed by atoms with Crippen LogP contribution in [0.15, 0.2) is 36.4 Å². The van der Waals surface area contributed by atoms with Crippen molar-refractivity contribution in [1.82, 2.24) is 9.78 Å². The summed E-state index contributed by atoms with van der Waals surface area (Å²) in [4.78, 5) is 41.5. The number of aromatic nitrogens is 2. The highest BCUT2D eigenvalue weighted by Gasteiger charge is 2.36. The largest absolute Gasteiger partial charge is 0.493 e. The van der Waals surface area contributed by atoms with Gasteiger partial charge in [0.1, 0.15) is 17.1 Å². The summed E-state index contributed by atoms with van der Waals surface area (Å²) in [6, 6.07) is 10.4. The maximum atomic E-state index is 15.4. The lowest BCUT2D eigenvalue weighted by Gasteiger charge is -2.29. The fourth-order valence-electron chi connectivity index (χ4n) is 5.26. The van der Waals surface area contributed by atoms with Gasteiger partial charge in [-0.15, -0.1) is 0 Å². The fourth-order valence-corrected chi connectivity index (χ4v) is 5.26. The number of carbonyl (C=O) groups is 3. The first-order valence-electron chi connectivity index (χ1n) is 12.0. The van der Waals surface area contributed by atoms with Gasteiger partial charge in [0.05, 0.1) is 6.61 Å². The van der Waals surface area contributed by atoms with Crippen LogP contribution in [0.3, 0.4) is 0 Å². The zero-order chi connectivity index (χ0) is 25.0. The maximum Gasteiger partial charge on any atom is 0.277 e. The fraction of sp³-hybridized carbons (Fsp3) is 0.308. The Morgan fingerprint density at radius 3 is 2.39 bits per heavy atom. The predicted octanol–water partition coefficient (Wildman–Crippen LogP) is 2.77. The molecule has 0 unspecified atom stereocenters. The van der Waals surface area contributed by atoms with E-state index in [0.29, 0.717) is 61.5 Å². The number of nitrogens with two attached hydrogens (primary N) is 1. The highest BCUT2D eigenvalue weighted by atomic mass is 19.1. The highest BCUT2D eigenvalue weighted by molar-refractivity contribution is 6.09. The van der Waals surface area contributed by atoms with Gasteiger partial charge in [0.15, 0.2) is 11.5 Å². The number of fused-ring (bicyclic) bond motifs is 2. The van der Waals surface area contributed by atoms with Crippen molar-refractivity contribution < 1.29 is 23.5 Å². The van der Waals surface area contributed by atoms with Gasteiger partial charge in [0.2, 0.25) is 5.91 Å². The van der Waals surface area contributed by atoms with E-state index in [1.165, 1.54) is 10.7 Å². The van der Waals surface area contributed by atoms with E-state index in [9.17, 15) is 14.4 Å². The van der Waals surface area contributed by atoms with Gasteiger partial charge in [-0.25, -0.2) is 9.07 Å². The lowest BCUT2D eigenvalue weighted by Crippen LogP contribution is -2.39. The third-order valence-electron chi connectivity index (χ3n) is 7.06. The maximum absolute atomic E-state index is 15.4. The smallest absolute Gasteiger partial charge is 0.277 e. The number of primary amides is 1. The number of anilines is 2. The number of hydrogen-bond acceptors (Lipinski definition) is 5. The van der Waals surface area contributed by atoms with Crippen LogP contribution in [0.25, 0.3) is 5.69 Å². The number of rotatable bonds is 4. The summed E-state index contributed by atoms with van der Waals surface area (Å²) in [7, 11) is 0. The topological polar surface area (TPSA) is 111 Å². The van der Waals surface area contributed by atoms with Gasteiger partial charge < -0.3 is 20.3 Å². The Balaban J connectivity index is 1.38. The van der Waals surface area contributed by atoms with E-state index in [0.717, 1.165) is 18.5 Å². The van der Waals surface area contributed by atoms with Gasteiger partial charge in [-0.3, -0.25) is 14.4 Å². The molecule has 0 spiro atoms. The second-order valence-corrected chi connectivity index (χ2v) is 9.15. The Kier molecular flexibility index (Phi) is 5.24. The molecule has 2 N–H and O–H groups in total. The summed E-state index contributed by atoms with van der Waals surface area (Å²) in [6.07, 6.45) is 3.14. The number of ether oxygens (including phenoxy) is 1. The molecular weight excluding hydrogens is 465 g/mol. The molecule has 184 valence electrons. The minimum atomic E-state index is -0.772. The molecule has 2 aromatic carbocycles. The number of halogens is 1. The van der Waals surface area contributed by atoms with E-state index < -0.39 is 17.6 Å². The number of piperidine rings is 1. The molecule has 3 aliphatic rings. The molecule has 0 radical (unpaired) electrons. The molecule has 3 amide bonds. The molecule has 0 saturated carbocycles. The van der Waals surface area contributed by atoms with Crippen molar-refractivity contribution in [2.75, 3.05) is 29.5 Å². The summed E-state index contributed by atoms with van der Waals surface area (Å²) in [5.41, 5.74) is 7.96. The first-order chi connectivity index (χ1) is 17.4. The minimum Gasteiger partial charge on any atom is -0.493 e. The third kappa shape index (κ3) is 3.43. The monoisotopic (exact) mass is 489 g/mol. The molecule has 0 atom stereocenters. The molecule has 0 aliphatic carbocycles. The molecule has 0 bridgehead atoms. The van der Waals surface area contributed by atoms with Crippen molar-refractivity contribution in [2.45, 2.75) is 32.1 Å². The number of hydrogen-bond donors (Lipinski definition) is 1. The molecule has 1 fully saturated rings. The highest BCUT2D eigenvalue weighted by Crippen LogP contribution is 2.34. The third-order valence-corrected chi connectivity index (χ3v) is 7.06. The van der Waals surface area contributed by atoms with Crippen LogP contribution in [0.2, 0.25) is 0 Å². The number of carbonyl (C=O) groups excluding carboxylic acids is 3. The van der Waals surface area contributed by atoms with Crippen LogP contribution in [-0.2, 0) is 17.6 Å². The van der Waals surface area contributed by atoms with Crippen LogP contribution in [0.5, 0.6) is 5.75 Å². The molecule has 3 aliphatic heterocycles. The Morgan fingerprint density at radius 2 is 1.67 bits per heavy atom. The van der Waals surface area contributed by atoms with E-state index in [1.807, 2.05) is 12.1 Å². The van der Waals surface area contributed by atoms with Crippen molar-refractivity contribution in [3.63, 3.8) is 0 Å². The summed E-state index contributed by atoms with van der Waals surface area (Å²) >= 11 is 0. The molecule has 6 rings (SSSR count). The Hall–Kier alpha value is -4.21. The number of nitrogens with zero attached hydrogens (tertiary/aromatic N) is 4. The second kappa shape index (κ2) is 8.47. The van der Waals surface area contributed by atoms with E-state index in [2.05, 4.69) is 5.10 Å². The van der Waals surface area contributed by atoms with Crippen LogP contribution < -0.4 is 20.3 Å². The molecule has 9 nitrogen and oxygen atoms in total. The van der Waals surface area contributed by atoms with Crippen LogP contribution >= 0.6 is 0 Å². The van der Waals surface area contributed by atoms with Crippen LogP contribution in [0, 0.1) is 5.82 Å². The van der Waals surface area contributed by atoms with E-state index in [4.69, 9.17) is 10.5 Å². The van der Waals surface area contributed by atoms with Gasteiger partial charge in [-0.2, -0.15) is 5.10 Å². The number of amides is 3. The summed E-state index contributed by atoms with van der Waals surface area (Å²) in [5, 5.41) is 4.28. The lowest BCUT2D eigenvalue weighted by molar-refractivity contribution is -0.119. The standard InChI is InChI=1S/C26H24FN5O4/c27-22-17-11-14-36-20(17)9-8-19(22)32-24-18(23(29-32)25(28)34)10-13-31(26(24)35)16-6-4-15(5-7-16)30-12-2-1-3-21(30)33/h4-9H,1-3,10-14H2,(H2,28,34). The summed E-state index contributed by atoms with van der Waals surface area (Å²) in [6.45, 7) is 1.36. The van der Waals surface area contributed by atoms with Crippen LogP contribution in [-0.4, -0.2) is 47.2 Å². The molecule has 10 heteroatoms. The molecule has 3 aromatic rings. The molecular formula is C26H24FN5O4. The summed E-state index contributed by atoms with van der Waals surface area (Å²) in [5.74, 6) is -1.15. The Morgan fingerprint density at radius 1 is 0.917 bits per heavy atom. The first-order valence-corrected chi connectivity index (χ1v) is 12.0. The van der Waals surface area contributed by atoms with Crippen molar-refractivity contribution >= 4 is 29.1 Å². The van der Waals surface area contributed by atoms with Gasteiger partial charge in [-0.1, -0.05) is 0 Å². The minimum absolute atomic E-state index is 0.0342. The lowest BCUT2D eigenvalue weighted by atomic mass is 10.0. The van der Waals surface area contributed by atoms with E-state index in [-0.39, 0.29) is 23.0 Å². The first kappa shape index (κ1) is 22.3. The molecule has 1 saturated heterocycles. The summed E-state index contributed by atoms with van der Waals surface area (Å²) < 4.78 is 22.1. The Bertz CT molecular complexity index is 1410.